The smallest absolute Gasteiger partial charge is 0.222 e. The van der Waals surface area contributed by atoms with E-state index < -0.39 is 0 Å². The zero-order chi connectivity index (χ0) is 15.4. The molecule has 3 fully saturated rings. The Morgan fingerprint density at radius 1 is 1.14 bits per heavy atom. The average molecular weight is 310 g/mol. The molecular weight excluding hydrogens is 280 g/mol. The van der Waals surface area contributed by atoms with Gasteiger partial charge in [-0.3, -0.25) is 9.69 Å². The molecule has 5 heteroatoms. The molecule has 0 aromatic carbocycles. The highest BCUT2D eigenvalue weighted by Crippen LogP contribution is 2.38. The highest BCUT2D eigenvalue weighted by molar-refractivity contribution is 5.77. The van der Waals surface area contributed by atoms with Crippen LogP contribution >= 0.6 is 0 Å². The summed E-state index contributed by atoms with van der Waals surface area (Å²) in [6.45, 7) is 3.45. The molecule has 1 aliphatic heterocycles. The number of hydrogen-bond acceptors (Lipinski definition) is 4. The van der Waals surface area contributed by atoms with E-state index in [-0.39, 0.29) is 23.6 Å². The number of nitrogens with one attached hydrogen (secondary N) is 1. The van der Waals surface area contributed by atoms with Gasteiger partial charge in [0.1, 0.15) is 0 Å². The molecule has 2 saturated carbocycles. The molecule has 22 heavy (non-hydrogen) atoms. The molecule has 1 heterocycles. The van der Waals surface area contributed by atoms with E-state index in [1.165, 1.54) is 12.8 Å². The second-order valence-electron chi connectivity index (χ2n) is 7.23. The molecule has 0 aromatic rings. The predicted molar refractivity (Wildman–Crippen MR) is 84.6 cm³/mol. The molecule has 2 N–H and O–H groups in total. The van der Waals surface area contributed by atoms with Gasteiger partial charge in [0.05, 0.1) is 25.4 Å². The molecule has 5 nitrogen and oxygen atoms in total. The minimum Gasteiger partial charge on any atom is -0.391 e. The summed E-state index contributed by atoms with van der Waals surface area (Å²) in [5.74, 6) is 0.124. The van der Waals surface area contributed by atoms with Gasteiger partial charge in [-0.2, -0.15) is 0 Å². The highest BCUT2D eigenvalue weighted by atomic mass is 16.5. The summed E-state index contributed by atoms with van der Waals surface area (Å²) in [7, 11) is 0. The second-order valence-corrected chi connectivity index (χ2v) is 7.23. The van der Waals surface area contributed by atoms with Crippen molar-refractivity contribution in [2.75, 3.05) is 26.3 Å². The van der Waals surface area contributed by atoms with Gasteiger partial charge in [-0.05, 0) is 25.7 Å². The number of aliphatic hydroxyl groups is 1. The Morgan fingerprint density at radius 3 is 2.50 bits per heavy atom. The number of rotatable bonds is 4. The predicted octanol–water partition coefficient (Wildman–Crippen LogP) is 1.44. The summed E-state index contributed by atoms with van der Waals surface area (Å²) in [6.07, 6.45) is 8.81. The number of aliphatic hydroxyl groups excluding tert-OH is 1. The van der Waals surface area contributed by atoms with Gasteiger partial charge < -0.3 is 15.2 Å². The van der Waals surface area contributed by atoms with Crippen LogP contribution in [0.5, 0.6) is 0 Å². The van der Waals surface area contributed by atoms with Crippen LogP contribution in [0.4, 0.5) is 0 Å². The van der Waals surface area contributed by atoms with E-state index in [2.05, 4.69) is 10.2 Å². The van der Waals surface area contributed by atoms with Gasteiger partial charge in [-0.15, -0.1) is 0 Å². The summed E-state index contributed by atoms with van der Waals surface area (Å²) in [6, 6.07) is -0.0376. The highest BCUT2D eigenvalue weighted by Gasteiger charge is 2.42. The Labute approximate surface area is 133 Å². The summed E-state index contributed by atoms with van der Waals surface area (Å²) in [5.41, 5.74) is 0.0352. The zero-order valence-corrected chi connectivity index (χ0v) is 13.6. The molecule has 0 bridgehead atoms. The minimum absolute atomic E-state index is 0.0352. The maximum Gasteiger partial charge on any atom is 0.222 e. The molecule has 1 saturated heterocycles. The summed E-state index contributed by atoms with van der Waals surface area (Å²) < 4.78 is 5.47. The van der Waals surface area contributed by atoms with Gasteiger partial charge in [-0.25, -0.2) is 0 Å². The molecule has 0 radical (unpaired) electrons. The molecule has 2 atom stereocenters. The lowest BCUT2D eigenvalue weighted by Crippen LogP contribution is -2.55. The lowest BCUT2D eigenvalue weighted by Gasteiger charge is -2.43. The van der Waals surface area contributed by atoms with Gasteiger partial charge in [0.2, 0.25) is 5.91 Å². The van der Waals surface area contributed by atoms with E-state index in [1.54, 1.807) is 0 Å². The fourth-order valence-corrected chi connectivity index (χ4v) is 4.51. The van der Waals surface area contributed by atoms with Crippen LogP contribution < -0.4 is 5.32 Å². The van der Waals surface area contributed by atoms with Crippen LogP contribution in [0.25, 0.3) is 0 Å². The van der Waals surface area contributed by atoms with E-state index in [0.29, 0.717) is 6.42 Å². The third kappa shape index (κ3) is 3.63. The van der Waals surface area contributed by atoms with E-state index in [9.17, 15) is 9.90 Å². The number of carbonyl (C=O) groups excluding carboxylic acids is 1. The standard InChI is InChI=1S/C17H30N2O3/c20-15-6-2-1-5-14(15)18-16(21)13-17(7-3-4-8-17)19-9-11-22-12-10-19/h14-15,20H,1-13H2,(H,18,21). The Bertz CT molecular complexity index is 376. The first kappa shape index (κ1) is 16.2. The Morgan fingerprint density at radius 2 is 1.82 bits per heavy atom. The first-order valence-electron chi connectivity index (χ1n) is 9.00. The maximum atomic E-state index is 12.6. The average Bonchev–Trinajstić information content (AvgIpc) is 3.00. The third-order valence-electron chi connectivity index (χ3n) is 5.78. The molecular formula is C17H30N2O3. The first-order chi connectivity index (χ1) is 10.7. The van der Waals surface area contributed by atoms with Crippen molar-refractivity contribution in [1.82, 2.24) is 10.2 Å². The number of carbonyl (C=O) groups is 1. The van der Waals surface area contributed by atoms with Crippen LogP contribution in [0.2, 0.25) is 0 Å². The first-order valence-corrected chi connectivity index (χ1v) is 9.00. The van der Waals surface area contributed by atoms with E-state index in [0.717, 1.165) is 64.8 Å². The van der Waals surface area contributed by atoms with Gasteiger partial charge in [0.15, 0.2) is 0 Å². The van der Waals surface area contributed by atoms with Crippen LogP contribution in [0.3, 0.4) is 0 Å². The van der Waals surface area contributed by atoms with Crippen molar-refractivity contribution in [1.29, 1.82) is 0 Å². The van der Waals surface area contributed by atoms with Crippen molar-refractivity contribution in [3.63, 3.8) is 0 Å². The molecule has 3 rings (SSSR count). The Hall–Kier alpha value is -0.650. The molecule has 2 unspecified atom stereocenters. The number of hydrogen-bond donors (Lipinski definition) is 2. The largest absolute Gasteiger partial charge is 0.391 e. The van der Waals surface area contributed by atoms with Crippen molar-refractivity contribution in [2.45, 2.75) is 75.5 Å². The Kier molecular flexibility index (Phi) is 5.37. The van der Waals surface area contributed by atoms with Crippen molar-refractivity contribution in [2.24, 2.45) is 0 Å². The van der Waals surface area contributed by atoms with E-state index in [4.69, 9.17) is 4.74 Å². The van der Waals surface area contributed by atoms with Crippen LogP contribution in [-0.2, 0) is 9.53 Å². The van der Waals surface area contributed by atoms with Crippen LogP contribution in [-0.4, -0.2) is 59.9 Å². The van der Waals surface area contributed by atoms with Crippen molar-refractivity contribution in [3.05, 3.63) is 0 Å². The van der Waals surface area contributed by atoms with Crippen molar-refractivity contribution >= 4 is 5.91 Å². The quantitative estimate of drug-likeness (QED) is 0.825. The lowest BCUT2D eigenvalue weighted by molar-refractivity contribution is -0.127. The zero-order valence-electron chi connectivity index (χ0n) is 13.6. The minimum atomic E-state index is -0.361. The second kappa shape index (κ2) is 7.28. The summed E-state index contributed by atoms with van der Waals surface area (Å²) >= 11 is 0. The SMILES string of the molecule is O=C(CC1(N2CCOCC2)CCCC1)NC1CCCCC1O. The Balaban J connectivity index is 1.59. The van der Waals surface area contributed by atoms with Gasteiger partial charge in [0, 0.05) is 25.0 Å². The molecule has 0 aromatic heterocycles. The third-order valence-corrected chi connectivity index (χ3v) is 5.78. The number of ether oxygens (including phenoxy) is 1. The summed E-state index contributed by atoms with van der Waals surface area (Å²) in [5, 5.41) is 13.2. The summed E-state index contributed by atoms with van der Waals surface area (Å²) in [4.78, 5) is 15.1. The number of nitrogens with zero attached hydrogens (tertiary/aromatic N) is 1. The fraction of sp³-hybridized carbons (Fsp3) is 0.941. The number of amides is 1. The van der Waals surface area contributed by atoms with Crippen LogP contribution in [0, 0.1) is 0 Å². The molecule has 1 amide bonds. The van der Waals surface area contributed by atoms with Gasteiger partial charge >= 0.3 is 0 Å². The molecule has 126 valence electrons. The van der Waals surface area contributed by atoms with Gasteiger partial charge in [0.25, 0.3) is 0 Å². The molecule has 2 aliphatic carbocycles. The maximum absolute atomic E-state index is 12.6. The normalized spacial score (nSPS) is 32.8. The monoisotopic (exact) mass is 310 g/mol. The van der Waals surface area contributed by atoms with Crippen molar-refractivity contribution < 1.29 is 14.6 Å². The van der Waals surface area contributed by atoms with Crippen molar-refractivity contribution in [3.8, 4) is 0 Å². The van der Waals surface area contributed by atoms with E-state index in [1.807, 2.05) is 0 Å². The molecule has 3 aliphatic rings. The lowest BCUT2D eigenvalue weighted by atomic mass is 9.88. The molecule has 0 spiro atoms. The topological polar surface area (TPSA) is 61.8 Å². The number of morpholine rings is 1. The van der Waals surface area contributed by atoms with Crippen LogP contribution in [0.1, 0.15) is 57.8 Å². The van der Waals surface area contributed by atoms with E-state index >= 15 is 0 Å². The fourth-order valence-electron chi connectivity index (χ4n) is 4.51. The van der Waals surface area contributed by atoms with Gasteiger partial charge in [-0.1, -0.05) is 25.7 Å². The van der Waals surface area contributed by atoms with Crippen LogP contribution in [0.15, 0.2) is 0 Å².